The Morgan fingerprint density at radius 1 is 1.19 bits per heavy atom. The van der Waals surface area contributed by atoms with Crippen LogP contribution in [0.5, 0.6) is 0 Å². The van der Waals surface area contributed by atoms with Gasteiger partial charge in [-0.15, -0.1) is 11.3 Å². The van der Waals surface area contributed by atoms with Crippen LogP contribution in [0.4, 0.5) is 23.0 Å². The number of nitro groups is 1. The number of nitrogens with zero attached hydrogens (tertiary/aromatic N) is 3. The number of anilines is 3. The number of esters is 1. The molecule has 2 heterocycles. The Morgan fingerprint density at radius 3 is 2.58 bits per heavy atom. The van der Waals surface area contributed by atoms with Gasteiger partial charge in [-0.3, -0.25) is 10.1 Å². The van der Waals surface area contributed by atoms with Gasteiger partial charge in [0.15, 0.2) is 0 Å². The molecular formula is C21H23N5O4S. The predicted molar refractivity (Wildman–Crippen MR) is 120 cm³/mol. The van der Waals surface area contributed by atoms with Crippen LogP contribution in [0.3, 0.4) is 0 Å². The minimum Gasteiger partial charge on any atom is -0.462 e. The zero-order valence-corrected chi connectivity index (χ0v) is 18.0. The molecule has 0 bridgehead atoms. The summed E-state index contributed by atoms with van der Waals surface area (Å²) in [6.07, 6.45) is 2.00. The van der Waals surface area contributed by atoms with Crippen LogP contribution in [0.15, 0.2) is 48.1 Å². The van der Waals surface area contributed by atoms with Crippen LogP contribution in [0, 0.1) is 16.0 Å². The van der Waals surface area contributed by atoms with Crippen molar-refractivity contribution in [2.45, 2.75) is 20.3 Å². The number of carbonyl (C=O) groups is 1. The van der Waals surface area contributed by atoms with Gasteiger partial charge in [0.1, 0.15) is 6.33 Å². The highest BCUT2D eigenvalue weighted by Crippen LogP contribution is 2.31. The van der Waals surface area contributed by atoms with Gasteiger partial charge in [-0.05, 0) is 48.1 Å². The summed E-state index contributed by atoms with van der Waals surface area (Å²) < 4.78 is 5.20. The van der Waals surface area contributed by atoms with Crippen molar-refractivity contribution < 1.29 is 14.5 Å². The maximum Gasteiger partial charge on any atom is 0.353 e. The van der Waals surface area contributed by atoms with Crippen LogP contribution < -0.4 is 10.6 Å². The van der Waals surface area contributed by atoms with E-state index in [1.54, 1.807) is 35.6 Å². The van der Waals surface area contributed by atoms with E-state index < -0.39 is 10.9 Å². The SMILES string of the molecule is CC(C)COC(=O)c1ccc(Nc2ncnc(NCCc3cccs3)c2[N+](=O)[O-])cc1. The average molecular weight is 442 g/mol. The highest BCUT2D eigenvalue weighted by atomic mass is 32.1. The van der Waals surface area contributed by atoms with E-state index in [1.165, 1.54) is 11.2 Å². The largest absolute Gasteiger partial charge is 0.462 e. The molecule has 0 saturated heterocycles. The number of nitrogens with one attached hydrogen (secondary N) is 2. The lowest BCUT2D eigenvalue weighted by Gasteiger charge is -2.11. The van der Waals surface area contributed by atoms with Crippen molar-refractivity contribution in [3.8, 4) is 0 Å². The zero-order valence-electron chi connectivity index (χ0n) is 17.2. The second-order valence-corrected chi connectivity index (χ2v) is 8.16. The fourth-order valence-corrected chi connectivity index (χ4v) is 3.39. The summed E-state index contributed by atoms with van der Waals surface area (Å²) in [6.45, 7) is 4.76. The van der Waals surface area contributed by atoms with Crippen molar-refractivity contribution in [2.24, 2.45) is 5.92 Å². The molecule has 0 unspecified atom stereocenters. The van der Waals surface area contributed by atoms with Crippen molar-refractivity contribution in [1.29, 1.82) is 0 Å². The topological polar surface area (TPSA) is 119 Å². The zero-order chi connectivity index (χ0) is 22.2. The van der Waals surface area contributed by atoms with Crippen molar-refractivity contribution >= 4 is 40.3 Å². The number of hydrogen-bond donors (Lipinski definition) is 2. The van der Waals surface area contributed by atoms with E-state index in [-0.39, 0.29) is 23.2 Å². The van der Waals surface area contributed by atoms with Gasteiger partial charge in [0.2, 0.25) is 11.6 Å². The molecule has 162 valence electrons. The highest BCUT2D eigenvalue weighted by molar-refractivity contribution is 7.09. The van der Waals surface area contributed by atoms with Crippen molar-refractivity contribution in [3.63, 3.8) is 0 Å². The fraction of sp³-hybridized carbons (Fsp3) is 0.286. The van der Waals surface area contributed by atoms with Crippen molar-refractivity contribution in [3.05, 3.63) is 68.7 Å². The Morgan fingerprint density at radius 2 is 1.94 bits per heavy atom. The van der Waals surface area contributed by atoms with E-state index in [4.69, 9.17) is 4.74 Å². The summed E-state index contributed by atoms with van der Waals surface area (Å²) in [5.41, 5.74) is 0.708. The predicted octanol–water partition coefficient (Wildman–Crippen LogP) is 4.66. The summed E-state index contributed by atoms with van der Waals surface area (Å²) in [5.74, 6) is 0.0449. The van der Waals surface area contributed by atoms with Gasteiger partial charge in [0.25, 0.3) is 0 Å². The number of benzene rings is 1. The van der Waals surface area contributed by atoms with E-state index in [0.29, 0.717) is 24.4 Å². The Balaban J connectivity index is 1.70. The maximum atomic E-state index is 12.0. The van der Waals surface area contributed by atoms with Gasteiger partial charge in [0.05, 0.1) is 17.1 Å². The summed E-state index contributed by atoms with van der Waals surface area (Å²) in [5, 5.41) is 19.6. The number of rotatable bonds is 10. The first kappa shape index (κ1) is 22.2. The molecule has 3 aromatic rings. The van der Waals surface area contributed by atoms with E-state index in [0.717, 1.165) is 6.42 Å². The summed E-state index contributed by atoms with van der Waals surface area (Å²) in [7, 11) is 0. The minimum atomic E-state index is -0.520. The van der Waals surface area contributed by atoms with Gasteiger partial charge in [-0.25, -0.2) is 14.8 Å². The number of ether oxygens (including phenoxy) is 1. The quantitative estimate of drug-likeness (QED) is 0.265. The van der Waals surface area contributed by atoms with E-state index in [1.807, 2.05) is 31.4 Å². The Hall–Kier alpha value is -3.53. The van der Waals surface area contributed by atoms with Crippen molar-refractivity contribution in [1.82, 2.24) is 9.97 Å². The highest BCUT2D eigenvalue weighted by Gasteiger charge is 2.23. The van der Waals surface area contributed by atoms with Crippen LogP contribution in [-0.4, -0.2) is 34.0 Å². The lowest BCUT2D eigenvalue weighted by molar-refractivity contribution is -0.383. The molecule has 0 spiro atoms. The molecular weight excluding hydrogens is 418 g/mol. The Labute approximate surface area is 183 Å². The third kappa shape index (κ3) is 6.22. The van der Waals surface area contributed by atoms with Gasteiger partial charge in [0, 0.05) is 17.1 Å². The Kier molecular flexibility index (Phi) is 7.50. The molecule has 0 fully saturated rings. The first-order valence-electron chi connectivity index (χ1n) is 9.74. The smallest absolute Gasteiger partial charge is 0.353 e. The molecule has 31 heavy (non-hydrogen) atoms. The molecule has 3 rings (SSSR count). The molecule has 0 saturated carbocycles. The number of carbonyl (C=O) groups excluding carboxylic acids is 1. The molecule has 0 radical (unpaired) electrons. The standard InChI is InChI=1S/C21H23N5O4S/c1-14(2)12-30-21(27)15-5-7-16(8-6-15)25-20-18(26(28)29)19(23-13-24-20)22-10-9-17-4-3-11-31-17/h3-8,11,13-14H,9-10,12H2,1-2H3,(H2,22,23,24,25). The number of aromatic nitrogens is 2. The summed E-state index contributed by atoms with van der Waals surface area (Å²) in [4.78, 5) is 32.4. The second kappa shape index (κ2) is 10.5. The maximum absolute atomic E-state index is 12.0. The summed E-state index contributed by atoms with van der Waals surface area (Å²) in [6, 6.07) is 10.4. The second-order valence-electron chi connectivity index (χ2n) is 7.13. The lowest BCUT2D eigenvalue weighted by atomic mass is 10.2. The molecule has 2 aromatic heterocycles. The Bertz CT molecular complexity index is 1020. The van der Waals surface area contributed by atoms with E-state index >= 15 is 0 Å². The van der Waals surface area contributed by atoms with Crippen LogP contribution >= 0.6 is 11.3 Å². The van der Waals surface area contributed by atoms with Crippen LogP contribution in [0.2, 0.25) is 0 Å². The molecule has 1 aromatic carbocycles. The molecule has 0 atom stereocenters. The number of thiophene rings is 1. The fourth-order valence-electron chi connectivity index (χ4n) is 2.68. The summed E-state index contributed by atoms with van der Waals surface area (Å²) >= 11 is 1.63. The van der Waals surface area contributed by atoms with Gasteiger partial charge in [-0.1, -0.05) is 19.9 Å². The monoisotopic (exact) mass is 441 g/mol. The van der Waals surface area contributed by atoms with Crippen LogP contribution in [-0.2, 0) is 11.2 Å². The number of hydrogen-bond acceptors (Lipinski definition) is 9. The minimum absolute atomic E-state index is 0.0637. The van der Waals surface area contributed by atoms with Crippen molar-refractivity contribution in [2.75, 3.05) is 23.8 Å². The lowest BCUT2D eigenvalue weighted by Crippen LogP contribution is -2.11. The third-order valence-electron chi connectivity index (χ3n) is 4.18. The van der Waals surface area contributed by atoms with Gasteiger partial charge >= 0.3 is 11.7 Å². The first-order valence-corrected chi connectivity index (χ1v) is 10.6. The molecule has 0 aliphatic rings. The molecule has 0 aliphatic heterocycles. The van der Waals surface area contributed by atoms with E-state index in [9.17, 15) is 14.9 Å². The molecule has 2 N–H and O–H groups in total. The molecule has 9 nitrogen and oxygen atoms in total. The average Bonchev–Trinajstić information content (AvgIpc) is 3.26. The van der Waals surface area contributed by atoms with Gasteiger partial charge in [-0.2, -0.15) is 0 Å². The molecule has 0 amide bonds. The first-order chi connectivity index (χ1) is 14.9. The molecule has 10 heteroatoms. The third-order valence-corrected chi connectivity index (χ3v) is 5.12. The van der Waals surface area contributed by atoms with Crippen LogP contribution in [0.25, 0.3) is 0 Å². The normalized spacial score (nSPS) is 10.7. The van der Waals surface area contributed by atoms with E-state index in [2.05, 4.69) is 20.6 Å². The molecule has 0 aliphatic carbocycles. The van der Waals surface area contributed by atoms with Crippen LogP contribution in [0.1, 0.15) is 29.1 Å². The van der Waals surface area contributed by atoms with Gasteiger partial charge < -0.3 is 15.4 Å².